The van der Waals surface area contributed by atoms with E-state index in [-0.39, 0.29) is 5.24 Å². The van der Waals surface area contributed by atoms with Crippen molar-refractivity contribution in [3.63, 3.8) is 0 Å². The maximum absolute atomic E-state index is 10.7. The molecule has 0 saturated carbocycles. The molecule has 1 N–H and O–H groups in total. The Balaban J connectivity index is 0. The molecule has 2 nitrogen and oxygen atoms in total. The highest BCUT2D eigenvalue weighted by atomic mass is 32.2. The first-order valence-corrected chi connectivity index (χ1v) is 5.45. The second kappa shape index (κ2) is 10.6. The van der Waals surface area contributed by atoms with Gasteiger partial charge in [-0.1, -0.05) is 38.6 Å². The molecule has 0 spiro atoms. The Kier molecular flexibility index (Phi) is 12.4. The van der Waals surface area contributed by atoms with Gasteiger partial charge in [-0.3, -0.25) is 4.79 Å². The quantitative estimate of drug-likeness (QED) is 0.721. The van der Waals surface area contributed by atoms with Crippen LogP contribution in [0.5, 0.6) is 0 Å². The minimum Gasteiger partial charge on any atom is -0.321 e. The fourth-order valence-corrected chi connectivity index (χ4v) is 0.832. The van der Waals surface area contributed by atoms with Gasteiger partial charge in [0.1, 0.15) is 0 Å². The molecule has 3 heteroatoms. The van der Waals surface area contributed by atoms with E-state index in [0.29, 0.717) is 0 Å². The van der Waals surface area contributed by atoms with Gasteiger partial charge in [-0.15, -0.1) is 0 Å². The van der Waals surface area contributed by atoms with Gasteiger partial charge >= 0.3 is 0 Å². The van der Waals surface area contributed by atoms with Crippen molar-refractivity contribution in [1.82, 2.24) is 5.32 Å². The van der Waals surface area contributed by atoms with Crippen LogP contribution in [0, 0.1) is 0 Å². The summed E-state index contributed by atoms with van der Waals surface area (Å²) in [6, 6.07) is 0. The summed E-state index contributed by atoms with van der Waals surface area (Å²) < 4.78 is 0. The van der Waals surface area contributed by atoms with Crippen LogP contribution >= 0.6 is 11.8 Å². The maximum atomic E-state index is 10.7. The predicted molar refractivity (Wildman–Crippen MR) is 57.4 cm³/mol. The molecule has 0 aliphatic rings. The fourth-order valence-electron chi connectivity index (χ4n) is 0.569. The lowest BCUT2D eigenvalue weighted by molar-refractivity contribution is 0.263. The third-order valence-electron chi connectivity index (χ3n) is 0.995. The molecule has 0 bridgehead atoms. The standard InChI is InChI=1S/C7H13NOS.C2H6/c1-4-5-6(2)8-7(9)10-3;1-2/h5H,4H2,1-3H3,(H,8,9);1-2H3/b6-5+;. The second-order valence-corrected chi connectivity index (χ2v) is 2.69. The van der Waals surface area contributed by atoms with Crippen LogP contribution in [0.3, 0.4) is 0 Å². The van der Waals surface area contributed by atoms with Gasteiger partial charge in [-0.2, -0.15) is 0 Å². The first-order valence-electron chi connectivity index (χ1n) is 4.22. The number of hydrogen-bond acceptors (Lipinski definition) is 2. The van der Waals surface area contributed by atoms with Crippen molar-refractivity contribution in [1.29, 1.82) is 0 Å². The Bertz CT molecular complexity index is 143. The predicted octanol–water partition coefficient (Wildman–Crippen LogP) is 3.40. The van der Waals surface area contributed by atoms with Crippen LogP contribution in [-0.2, 0) is 0 Å². The second-order valence-electron chi connectivity index (χ2n) is 1.91. The van der Waals surface area contributed by atoms with Crippen LogP contribution in [0.2, 0.25) is 0 Å². The summed E-state index contributed by atoms with van der Waals surface area (Å²) in [5.74, 6) is 0. The Hall–Kier alpha value is -0.440. The molecular weight excluding hydrogens is 170 g/mol. The Morgan fingerprint density at radius 2 is 2.00 bits per heavy atom. The molecule has 12 heavy (non-hydrogen) atoms. The number of thioether (sulfide) groups is 1. The zero-order valence-electron chi connectivity index (χ0n) is 8.60. The fraction of sp³-hybridized carbons (Fsp3) is 0.667. The monoisotopic (exact) mass is 189 g/mol. The van der Waals surface area contributed by atoms with Gasteiger partial charge in [0.15, 0.2) is 0 Å². The van der Waals surface area contributed by atoms with E-state index in [4.69, 9.17) is 0 Å². The van der Waals surface area contributed by atoms with E-state index >= 15 is 0 Å². The first-order chi connectivity index (χ1) is 5.70. The van der Waals surface area contributed by atoms with E-state index in [0.717, 1.165) is 12.1 Å². The molecule has 1 amide bonds. The Morgan fingerprint density at radius 1 is 1.50 bits per heavy atom. The number of hydrogen-bond donors (Lipinski definition) is 1. The molecular formula is C9H19NOS. The minimum absolute atomic E-state index is 0.00204. The summed E-state index contributed by atoms with van der Waals surface area (Å²) in [4.78, 5) is 10.7. The molecule has 0 fully saturated rings. The number of nitrogens with one attached hydrogen (secondary N) is 1. The molecule has 0 aliphatic heterocycles. The Labute approximate surface area is 79.8 Å². The van der Waals surface area contributed by atoms with E-state index in [1.165, 1.54) is 11.8 Å². The number of allylic oxidation sites excluding steroid dienone is 2. The van der Waals surface area contributed by atoms with E-state index < -0.39 is 0 Å². The van der Waals surface area contributed by atoms with Crippen molar-refractivity contribution in [3.05, 3.63) is 11.8 Å². The van der Waals surface area contributed by atoms with Crippen LogP contribution in [0.15, 0.2) is 11.8 Å². The zero-order chi connectivity index (χ0) is 9.98. The zero-order valence-corrected chi connectivity index (χ0v) is 9.42. The highest BCUT2D eigenvalue weighted by molar-refractivity contribution is 8.12. The highest BCUT2D eigenvalue weighted by Crippen LogP contribution is 1.97. The largest absolute Gasteiger partial charge is 0.321 e. The summed E-state index contributed by atoms with van der Waals surface area (Å²) in [5.41, 5.74) is 0.932. The SMILES string of the molecule is CC.CC/C=C(\C)NC(=O)SC. The number of rotatable bonds is 2. The molecule has 0 aromatic rings. The first kappa shape index (κ1) is 14.1. The van der Waals surface area contributed by atoms with Crippen molar-refractivity contribution in [3.8, 4) is 0 Å². The number of amides is 1. The van der Waals surface area contributed by atoms with Gasteiger partial charge < -0.3 is 5.32 Å². The molecule has 0 atom stereocenters. The molecule has 0 heterocycles. The van der Waals surface area contributed by atoms with E-state index in [9.17, 15) is 4.79 Å². The van der Waals surface area contributed by atoms with Crippen LogP contribution in [0.25, 0.3) is 0 Å². The molecule has 0 aliphatic carbocycles. The third-order valence-corrected chi connectivity index (χ3v) is 1.47. The van der Waals surface area contributed by atoms with Crippen LogP contribution in [-0.4, -0.2) is 11.5 Å². The summed E-state index contributed by atoms with van der Waals surface area (Å²) in [6.07, 6.45) is 4.70. The minimum atomic E-state index is 0.00204. The number of carbonyl (C=O) groups is 1. The van der Waals surface area contributed by atoms with Crippen molar-refractivity contribution >= 4 is 17.0 Å². The summed E-state index contributed by atoms with van der Waals surface area (Å²) in [7, 11) is 0. The van der Waals surface area contributed by atoms with Crippen molar-refractivity contribution in [2.45, 2.75) is 34.1 Å². The van der Waals surface area contributed by atoms with Crippen molar-refractivity contribution < 1.29 is 4.79 Å². The average Bonchev–Trinajstić information content (AvgIpc) is 2.08. The summed E-state index contributed by atoms with van der Waals surface area (Å²) in [6.45, 7) is 7.92. The van der Waals surface area contributed by atoms with E-state index in [1.54, 1.807) is 6.26 Å². The summed E-state index contributed by atoms with van der Waals surface area (Å²) in [5, 5.41) is 2.72. The lowest BCUT2D eigenvalue weighted by Gasteiger charge is -2.00. The van der Waals surface area contributed by atoms with Crippen LogP contribution in [0.1, 0.15) is 34.1 Å². The maximum Gasteiger partial charge on any atom is 0.282 e. The van der Waals surface area contributed by atoms with E-state index in [1.807, 2.05) is 33.8 Å². The molecule has 0 radical (unpaired) electrons. The van der Waals surface area contributed by atoms with Gasteiger partial charge in [0.05, 0.1) is 0 Å². The number of carbonyl (C=O) groups excluding carboxylic acids is 1. The lowest BCUT2D eigenvalue weighted by Crippen LogP contribution is -2.15. The lowest BCUT2D eigenvalue weighted by atomic mass is 10.4. The molecule has 0 aromatic heterocycles. The topological polar surface area (TPSA) is 29.1 Å². The van der Waals surface area contributed by atoms with Gasteiger partial charge in [-0.25, -0.2) is 0 Å². The van der Waals surface area contributed by atoms with Gasteiger partial charge in [0.2, 0.25) is 0 Å². The van der Waals surface area contributed by atoms with E-state index in [2.05, 4.69) is 5.32 Å². The van der Waals surface area contributed by atoms with Crippen molar-refractivity contribution in [2.24, 2.45) is 0 Å². The van der Waals surface area contributed by atoms with Crippen LogP contribution < -0.4 is 5.32 Å². The summed E-state index contributed by atoms with van der Waals surface area (Å²) >= 11 is 1.19. The molecule has 0 saturated heterocycles. The Morgan fingerprint density at radius 3 is 2.33 bits per heavy atom. The molecule has 0 aromatic carbocycles. The normalized spacial score (nSPS) is 9.92. The average molecular weight is 189 g/mol. The van der Waals surface area contributed by atoms with Crippen LogP contribution in [0.4, 0.5) is 4.79 Å². The molecule has 72 valence electrons. The highest BCUT2D eigenvalue weighted by Gasteiger charge is 1.95. The van der Waals surface area contributed by atoms with Crippen molar-refractivity contribution in [2.75, 3.05) is 6.26 Å². The van der Waals surface area contributed by atoms with Gasteiger partial charge in [0, 0.05) is 5.70 Å². The molecule has 0 rings (SSSR count). The third kappa shape index (κ3) is 9.56. The smallest absolute Gasteiger partial charge is 0.282 e. The van der Waals surface area contributed by atoms with Gasteiger partial charge in [-0.05, 0) is 19.6 Å². The molecule has 0 unspecified atom stereocenters. The van der Waals surface area contributed by atoms with Gasteiger partial charge in [0.25, 0.3) is 5.24 Å².